The molecule has 4 nitrogen and oxygen atoms in total. The Balaban J connectivity index is 1.90. The van der Waals surface area contributed by atoms with Crippen LogP contribution < -0.4 is 5.32 Å². The smallest absolute Gasteiger partial charge is 0.0666 e. The normalized spacial score (nSPS) is 10.7. The summed E-state index contributed by atoms with van der Waals surface area (Å²) < 4.78 is 1.87. The summed E-state index contributed by atoms with van der Waals surface area (Å²) in [5.74, 6) is 0. The Hall–Kier alpha value is -1.68. The van der Waals surface area contributed by atoms with Crippen LogP contribution >= 0.6 is 0 Å². The zero-order chi connectivity index (χ0) is 12.1. The van der Waals surface area contributed by atoms with Crippen LogP contribution in [0.1, 0.15) is 23.7 Å². The predicted molar refractivity (Wildman–Crippen MR) is 67.4 cm³/mol. The van der Waals surface area contributed by atoms with Gasteiger partial charge in [0, 0.05) is 44.3 Å². The molecule has 0 fully saturated rings. The first-order chi connectivity index (χ1) is 8.29. The van der Waals surface area contributed by atoms with Crippen molar-refractivity contribution in [3.05, 3.63) is 47.5 Å². The number of nitrogens with zero attached hydrogens (tertiary/aromatic N) is 3. The molecular formula is C13H18N4. The van der Waals surface area contributed by atoms with E-state index in [0.29, 0.717) is 0 Å². The molecule has 1 N–H and O–H groups in total. The largest absolute Gasteiger partial charge is 0.308 e. The molecule has 2 aromatic rings. The van der Waals surface area contributed by atoms with E-state index < -0.39 is 0 Å². The van der Waals surface area contributed by atoms with Gasteiger partial charge in [0.15, 0.2) is 0 Å². The first kappa shape index (κ1) is 11.8. The molecule has 0 amide bonds. The van der Waals surface area contributed by atoms with Crippen LogP contribution in [0.4, 0.5) is 0 Å². The SMILES string of the molecule is CCc1nn(C)cc1CNCc1cccnc1. The van der Waals surface area contributed by atoms with Gasteiger partial charge >= 0.3 is 0 Å². The molecule has 0 aliphatic carbocycles. The second-order valence-electron chi connectivity index (χ2n) is 4.09. The van der Waals surface area contributed by atoms with Gasteiger partial charge < -0.3 is 5.32 Å². The standard InChI is InChI=1S/C13H18N4/c1-3-13-12(10-17(2)16-13)9-15-8-11-5-4-6-14-7-11/h4-7,10,15H,3,8-9H2,1-2H3. The molecule has 0 aliphatic heterocycles. The summed E-state index contributed by atoms with van der Waals surface area (Å²) in [5.41, 5.74) is 3.65. The van der Waals surface area contributed by atoms with E-state index in [-0.39, 0.29) is 0 Å². The van der Waals surface area contributed by atoms with Crippen molar-refractivity contribution in [3.8, 4) is 0 Å². The van der Waals surface area contributed by atoms with Crippen molar-refractivity contribution in [1.82, 2.24) is 20.1 Å². The Labute approximate surface area is 102 Å². The Kier molecular flexibility index (Phi) is 3.88. The van der Waals surface area contributed by atoms with Gasteiger partial charge in [-0.25, -0.2) is 0 Å². The highest BCUT2D eigenvalue weighted by Gasteiger charge is 2.04. The first-order valence-corrected chi connectivity index (χ1v) is 5.90. The Morgan fingerprint density at radius 3 is 2.94 bits per heavy atom. The van der Waals surface area contributed by atoms with Crippen LogP contribution in [0, 0.1) is 0 Å². The molecule has 0 saturated heterocycles. The summed E-state index contributed by atoms with van der Waals surface area (Å²) in [4.78, 5) is 4.09. The first-order valence-electron chi connectivity index (χ1n) is 5.90. The molecule has 17 heavy (non-hydrogen) atoms. The van der Waals surface area contributed by atoms with E-state index in [1.165, 1.54) is 16.8 Å². The maximum Gasteiger partial charge on any atom is 0.0666 e. The second-order valence-corrected chi connectivity index (χ2v) is 4.09. The highest BCUT2D eigenvalue weighted by molar-refractivity contribution is 5.17. The molecule has 0 unspecified atom stereocenters. The average molecular weight is 230 g/mol. The van der Waals surface area contributed by atoms with E-state index in [9.17, 15) is 0 Å². The summed E-state index contributed by atoms with van der Waals surface area (Å²) in [5, 5.41) is 7.83. The van der Waals surface area contributed by atoms with Gasteiger partial charge in [-0.05, 0) is 18.1 Å². The van der Waals surface area contributed by atoms with Gasteiger partial charge in [-0.1, -0.05) is 13.0 Å². The fourth-order valence-electron chi connectivity index (χ4n) is 1.87. The molecule has 0 aromatic carbocycles. The van der Waals surface area contributed by atoms with Crippen LogP contribution in [0.25, 0.3) is 0 Å². The molecule has 0 spiro atoms. The Bertz CT molecular complexity index is 462. The van der Waals surface area contributed by atoms with Crippen molar-refractivity contribution in [3.63, 3.8) is 0 Å². The number of nitrogens with one attached hydrogen (secondary N) is 1. The van der Waals surface area contributed by atoms with Crippen molar-refractivity contribution in [2.45, 2.75) is 26.4 Å². The molecule has 2 heterocycles. The van der Waals surface area contributed by atoms with Crippen LogP contribution in [0.3, 0.4) is 0 Å². The summed E-state index contributed by atoms with van der Waals surface area (Å²) in [6, 6.07) is 4.03. The van der Waals surface area contributed by atoms with E-state index in [2.05, 4.69) is 34.6 Å². The highest BCUT2D eigenvalue weighted by atomic mass is 15.3. The third-order valence-electron chi connectivity index (χ3n) is 2.69. The monoisotopic (exact) mass is 230 g/mol. The van der Waals surface area contributed by atoms with Crippen LogP contribution in [0.5, 0.6) is 0 Å². The number of aryl methyl sites for hydroxylation is 2. The quantitative estimate of drug-likeness (QED) is 0.849. The molecule has 2 aromatic heterocycles. The van der Waals surface area contributed by atoms with E-state index in [4.69, 9.17) is 0 Å². The lowest BCUT2D eigenvalue weighted by atomic mass is 10.2. The lowest BCUT2D eigenvalue weighted by Gasteiger charge is -2.03. The molecule has 0 radical (unpaired) electrons. The van der Waals surface area contributed by atoms with Crippen molar-refractivity contribution in [2.24, 2.45) is 7.05 Å². The van der Waals surface area contributed by atoms with E-state index in [0.717, 1.165) is 19.5 Å². The molecule has 0 atom stereocenters. The molecule has 90 valence electrons. The van der Waals surface area contributed by atoms with E-state index in [1.807, 2.05) is 24.0 Å². The van der Waals surface area contributed by atoms with Crippen LogP contribution in [0.15, 0.2) is 30.7 Å². The maximum absolute atomic E-state index is 4.42. The fourth-order valence-corrected chi connectivity index (χ4v) is 1.87. The topological polar surface area (TPSA) is 42.7 Å². The lowest BCUT2D eigenvalue weighted by molar-refractivity contribution is 0.686. The molecular weight excluding hydrogens is 212 g/mol. The van der Waals surface area contributed by atoms with Crippen LogP contribution in [-0.2, 0) is 26.6 Å². The number of aromatic nitrogens is 3. The number of rotatable bonds is 5. The zero-order valence-corrected chi connectivity index (χ0v) is 10.3. The van der Waals surface area contributed by atoms with Crippen molar-refractivity contribution in [2.75, 3.05) is 0 Å². The molecule has 0 aliphatic rings. The number of pyridine rings is 1. The molecule has 2 rings (SSSR count). The minimum absolute atomic E-state index is 0.839. The average Bonchev–Trinajstić information content (AvgIpc) is 2.71. The summed E-state index contributed by atoms with van der Waals surface area (Å²) in [7, 11) is 1.96. The third kappa shape index (κ3) is 3.14. The Morgan fingerprint density at radius 1 is 1.35 bits per heavy atom. The van der Waals surface area contributed by atoms with Crippen LogP contribution in [-0.4, -0.2) is 14.8 Å². The van der Waals surface area contributed by atoms with E-state index >= 15 is 0 Å². The summed E-state index contributed by atoms with van der Waals surface area (Å²) in [6.07, 6.45) is 6.73. The van der Waals surface area contributed by atoms with Gasteiger partial charge in [0.2, 0.25) is 0 Å². The zero-order valence-electron chi connectivity index (χ0n) is 10.3. The van der Waals surface area contributed by atoms with Crippen LogP contribution in [0.2, 0.25) is 0 Å². The third-order valence-corrected chi connectivity index (χ3v) is 2.69. The Morgan fingerprint density at radius 2 is 2.24 bits per heavy atom. The van der Waals surface area contributed by atoms with E-state index in [1.54, 1.807) is 6.20 Å². The highest BCUT2D eigenvalue weighted by Crippen LogP contribution is 2.07. The van der Waals surface area contributed by atoms with Gasteiger partial charge in [-0.2, -0.15) is 5.10 Å². The van der Waals surface area contributed by atoms with Gasteiger partial charge in [0.05, 0.1) is 5.69 Å². The van der Waals surface area contributed by atoms with Crippen molar-refractivity contribution in [1.29, 1.82) is 0 Å². The summed E-state index contributed by atoms with van der Waals surface area (Å²) >= 11 is 0. The van der Waals surface area contributed by atoms with Gasteiger partial charge in [0.1, 0.15) is 0 Å². The minimum atomic E-state index is 0.839. The van der Waals surface area contributed by atoms with Gasteiger partial charge in [-0.3, -0.25) is 9.67 Å². The van der Waals surface area contributed by atoms with Gasteiger partial charge in [-0.15, -0.1) is 0 Å². The fraction of sp³-hybridized carbons (Fsp3) is 0.385. The van der Waals surface area contributed by atoms with Gasteiger partial charge in [0.25, 0.3) is 0 Å². The lowest BCUT2D eigenvalue weighted by Crippen LogP contribution is -2.13. The number of hydrogen-bond donors (Lipinski definition) is 1. The van der Waals surface area contributed by atoms with Crippen molar-refractivity contribution >= 4 is 0 Å². The molecule has 0 saturated carbocycles. The van der Waals surface area contributed by atoms with Crippen molar-refractivity contribution < 1.29 is 0 Å². The number of hydrogen-bond acceptors (Lipinski definition) is 3. The molecule has 0 bridgehead atoms. The minimum Gasteiger partial charge on any atom is -0.308 e. The summed E-state index contributed by atoms with van der Waals surface area (Å²) in [6.45, 7) is 3.82. The second kappa shape index (κ2) is 5.59. The molecule has 4 heteroatoms. The predicted octanol–water partition coefficient (Wildman–Crippen LogP) is 1.67. The maximum atomic E-state index is 4.42.